The van der Waals surface area contributed by atoms with Crippen molar-refractivity contribution in [1.82, 2.24) is 19.9 Å². The van der Waals surface area contributed by atoms with Gasteiger partial charge in [-0.15, -0.1) is 0 Å². The molecule has 1 amide bonds. The zero-order valence-corrected chi connectivity index (χ0v) is 13.0. The molecule has 1 saturated heterocycles. The van der Waals surface area contributed by atoms with Crippen molar-refractivity contribution in [2.45, 2.75) is 38.7 Å². The number of imidazole rings is 1. The quantitative estimate of drug-likeness (QED) is 0.908. The summed E-state index contributed by atoms with van der Waals surface area (Å²) in [6, 6.07) is 3.68. The van der Waals surface area contributed by atoms with Crippen molar-refractivity contribution in [2.75, 3.05) is 13.1 Å². The van der Waals surface area contributed by atoms with Crippen molar-refractivity contribution in [2.24, 2.45) is 5.92 Å². The zero-order chi connectivity index (χ0) is 15.7. The van der Waals surface area contributed by atoms with Crippen molar-refractivity contribution in [3.05, 3.63) is 24.2 Å². The molecule has 6 nitrogen and oxygen atoms in total. The van der Waals surface area contributed by atoms with E-state index in [-0.39, 0.29) is 5.91 Å². The number of pyridine rings is 1. The minimum Gasteiger partial charge on any atom is -0.390 e. The highest BCUT2D eigenvalue weighted by Gasteiger charge is 2.28. The van der Waals surface area contributed by atoms with E-state index >= 15 is 0 Å². The van der Waals surface area contributed by atoms with Crippen LogP contribution < -0.4 is 0 Å². The predicted molar refractivity (Wildman–Crippen MR) is 83.4 cm³/mol. The van der Waals surface area contributed by atoms with Gasteiger partial charge < -0.3 is 15.0 Å². The number of aromatic amines is 1. The van der Waals surface area contributed by atoms with Gasteiger partial charge in [0, 0.05) is 19.3 Å². The average molecular weight is 302 g/mol. The Morgan fingerprint density at radius 3 is 2.82 bits per heavy atom. The number of carbonyl (C=O) groups is 1. The highest BCUT2D eigenvalue weighted by Crippen LogP contribution is 2.26. The lowest BCUT2D eigenvalue weighted by Gasteiger charge is -2.34. The fourth-order valence-electron chi connectivity index (χ4n) is 3.14. The van der Waals surface area contributed by atoms with Crippen LogP contribution in [0.4, 0.5) is 0 Å². The lowest BCUT2D eigenvalue weighted by molar-refractivity contribution is 0.0355. The molecule has 22 heavy (non-hydrogen) atoms. The summed E-state index contributed by atoms with van der Waals surface area (Å²) in [7, 11) is 0. The number of carbonyl (C=O) groups excluding carboxylic acids is 1. The van der Waals surface area contributed by atoms with Crippen molar-refractivity contribution in [3.63, 3.8) is 0 Å². The first kappa shape index (κ1) is 15.0. The number of H-pyrrole nitrogens is 1. The van der Waals surface area contributed by atoms with Gasteiger partial charge in [0.05, 0.1) is 11.1 Å². The molecule has 0 aliphatic carbocycles. The van der Waals surface area contributed by atoms with Gasteiger partial charge in [-0.2, -0.15) is 0 Å². The molecule has 0 spiro atoms. The fourth-order valence-corrected chi connectivity index (χ4v) is 3.14. The number of nitrogens with zero attached hydrogens (tertiary/aromatic N) is 3. The maximum atomic E-state index is 12.5. The summed E-state index contributed by atoms with van der Waals surface area (Å²) >= 11 is 0. The molecule has 0 radical (unpaired) electrons. The Morgan fingerprint density at radius 2 is 2.18 bits per heavy atom. The van der Waals surface area contributed by atoms with E-state index in [9.17, 15) is 9.90 Å². The van der Waals surface area contributed by atoms with Crippen LogP contribution in [0.3, 0.4) is 0 Å². The van der Waals surface area contributed by atoms with Gasteiger partial charge in [0.15, 0.2) is 11.5 Å². The summed E-state index contributed by atoms with van der Waals surface area (Å²) < 4.78 is 0. The number of hydrogen-bond donors (Lipinski definition) is 2. The van der Waals surface area contributed by atoms with Crippen LogP contribution in [0.5, 0.6) is 0 Å². The van der Waals surface area contributed by atoms with Crippen LogP contribution in [-0.2, 0) is 0 Å². The summed E-state index contributed by atoms with van der Waals surface area (Å²) in [4.78, 5) is 25.8. The molecule has 2 aromatic heterocycles. The van der Waals surface area contributed by atoms with Crippen molar-refractivity contribution >= 4 is 17.1 Å². The molecule has 6 heteroatoms. The van der Waals surface area contributed by atoms with Gasteiger partial charge in [0.2, 0.25) is 0 Å². The lowest BCUT2D eigenvalue weighted by Crippen LogP contribution is -2.40. The molecule has 3 heterocycles. The van der Waals surface area contributed by atoms with Gasteiger partial charge in [-0.1, -0.05) is 0 Å². The highest BCUT2D eigenvalue weighted by molar-refractivity contribution is 5.93. The van der Waals surface area contributed by atoms with E-state index in [0.29, 0.717) is 30.5 Å². The van der Waals surface area contributed by atoms with E-state index < -0.39 is 5.60 Å². The molecule has 1 aliphatic rings. The Balaban J connectivity index is 1.64. The summed E-state index contributed by atoms with van der Waals surface area (Å²) in [5, 5.41) is 9.90. The van der Waals surface area contributed by atoms with Gasteiger partial charge >= 0.3 is 0 Å². The summed E-state index contributed by atoms with van der Waals surface area (Å²) in [6.45, 7) is 5.10. The van der Waals surface area contributed by atoms with E-state index in [2.05, 4.69) is 15.0 Å². The minimum atomic E-state index is -0.638. The number of piperidine rings is 1. The number of hydrogen-bond acceptors (Lipinski definition) is 4. The Hall–Kier alpha value is -1.95. The maximum absolute atomic E-state index is 12.5. The third-order valence-corrected chi connectivity index (χ3v) is 4.15. The molecule has 3 rings (SSSR count). The van der Waals surface area contributed by atoms with Crippen LogP contribution in [0.15, 0.2) is 18.3 Å². The number of likely N-dealkylation sites (tertiary alicyclic amines) is 1. The smallest absolute Gasteiger partial charge is 0.289 e. The number of fused-ring (bicyclic) bond motifs is 1. The van der Waals surface area contributed by atoms with Gasteiger partial charge in [0.25, 0.3) is 5.91 Å². The number of aliphatic hydroxyl groups is 1. The fraction of sp³-hybridized carbons (Fsp3) is 0.562. The first-order valence-electron chi connectivity index (χ1n) is 7.75. The average Bonchev–Trinajstić information content (AvgIpc) is 2.89. The van der Waals surface area contributed by atoms with E-state index in [4.69, 9.17) is 0 Å². The molecule has 0 aromatic carbocycles. The van der Waals surface area contributed by atoms with Crippen LogP contribution in [0.1, 0.15) is 43.7 Å². The molecule has 2 aromatic rings. The van der Waals surface area contributed by atoms with Crippen LogP contribution in [0.25, 0.3) is 11.2 Å². The molecule has 118 valence electrons. The molecule has 0 unspecified atom stereocenters. The summed E-state index contributed by atoms with van der Waals surface area (Å²) in [5.41, 5.74) is 0.715. The third-order valence-electron chi connectivity index (χ3n) is 4.15. The minimum absolute atomic E-state index is 0.0697. The molecule has 0 bridgehead atoms. The molecule has 1 aliphatic heterocycles. The maximum Gasteiger partial charge on any atom is 0.289 e. The lowest BCUT2D eigenvalue weighted by atomic mass is 9.86. The second kappa shape index (κ2) is 5.68. The van der Waals surface area contributed by atoms with E-state index in [0.717, 1.165) is 24.8 Å². The monoisotopic (exact) mass is 302 g/mol. The Labute approximate surface area is 129 Å². The van der Waals surface area contributed by atoms with E-state index in [1.54, 1.807) is 6.20 Å². The van der Waals surface area contributed by atoms with Gasteiger partial charge in [-0.25, -0.2) is 9.97 Å². The molecule has 1 fully saturated rings. The van der Waals surface area contributed by atoms with Crippen LogP contribution >= 0.6 is 0 Å². The first-order chi connectivity index (χ1) is 10.4. The second-order valence-electron chi connectivity index (χ2n) is 6.71. The molecule has 0 atom stereocenters. The topological polar surface area (TPSA) is 82.1 Å². The Kier molecular flexibility index (Phi) is 3.87. The summed E-state index contributed by atoms with van der Waals surface area (Å²) in [6.07, 6.45) is 4.30. The number of nitrogens with one attached hydrogen (secondary N) is 1. The largest absolute Gasteiger partial charge is 0.390 e. The molecule has 2 N–H and O–H groups in total. The normalized spacial score (nSPS) is 17.1. The molecular weight excluding hydrogens is 280 g/mol. The predicted octanol–water partition coefficient (Wildman–Crippen LogP) is 1.97. The van der Waals surface area contributed by atoms with Crippen molar-refractivity contribution in [3.8, 4) is 0 Å². The van der Waals surface area contributed by atoms with Crippen LogP contribution in [0.2, 0.25) is 0 Å². The molecule has 0 saturated carbocycles. The van der Waals surface area contributed by atoms with Crippen molar-refractivity contribution in [1.29, 1.82) is 0 Å². The number of aromatic nitrogens is 3. The standard InChI is InChI=1S/C16H22N4O2/c1-16(2,22)10-11-5-8-20(9-6-11)15(21)14-18-12-4-3-7-17-13(12)19-14/h3-4,7,11,22H,5-6,8-10H2,1-2H3,(H,17,18,19). The number of rotatable bonds is 3. The van der Waals surface area contributed by atoms with Gasteiger partial charge in [-0.3, -0.25) is 4.79 Å². The second-order valence-corrected chi connectivity index (χ2v) is 6.71. The zero-order valence-electron chi connectivity index (χ0n) is 13.0. The first-order valence-corrected chi connectivity index (χ1v) is 7.75. The highest BCUT2D eigenvalue weighted by atomic mass is 16.3. The van der Waals surface area contributed by atoms with E-state index in [1.807, 2.05) is 30.9 Å². The SMILES string of the molecule is CC(C)(O)CC1CCN(C(=O)c2nc3ncccc3[nH]2)CC1. The Morgan fingerprint density at radius 1 is 1.45 bits per heavy atom. The Bertz CT molecular complexity index is 633. The van der Waals surface area contributed by atoms with Gasteiger partial charge in [-0.05, 0) is 51.2 Å². The van der Waals surface area contributed by atoms with Gasteiger partial charge in [0.1, 0.15) is 0 Å². The number of amides is 1. The van der Waals surface area contributed by atoms with Crippen LogP contribution in [-0.4, -0.2) is 49.6 Å². The summed E-state index contributed by atoms with van der Waals surface area (Å²) in [5.74, 6) is 0.760. The van der Waals surface area contributed by atoms with E-state index in [1.165, 1.54) is 0 Å². The van der Waals surface area contributed by atoms with Crippen LogP contribution in [0, 0.1) is 5.92 Å². The third kappa shape index (κ3) is 3.27. The molecular formula is C16H22N4O2. The van der Waals surface area contributed by atoms with Crippen molar-refractivity contribution < 1.29 is 9.90 Å².